The van der Waals surface area contributed by atoms with Crippen LogP contribution in [-0.4, -0.2) is 0 Å². The van der Waals surface area contributed by atoms with Gasteiger partial charge in [-0.1, -0.05) is 194 Å². The topological polar surface area (TPSA) is 16.4 Å². The van der Waals surface area contributed by atoms with E-state index < -0.39 is 0 Å². The van der Waals surface area contributed by atoms with Crippen molar-refractivity contribution in [2.75, 3.05) is 4.90 Å². The Morgan fingerprint density at radius 1 is 0.452 bits per heavy atom. The number of hydrogen-bond donors (Lipinski definition) is 0. The van der Waals surface area contributed by atoms with Gasteiger partial charge in [0.15, 0.2) is 0 Å². The van der Waals surface area contributed by atoms with Crippen LogP contribution in [0.5, 0.6) is 0 Å². The van der Waals surface area contributed by atoms with Gasteiger partial charge in [-0.2, -0.15) is 0 Å². The molecule has 1 heterocycles. The van der Waals surface area contributed by atoms with Gasteiger partial charge in [-0.25, -0.2) is 0 Å². The smallest absolute Gasteiger partial charge is 0.136 e. The summed E-state index contributed by atoms with van der Waals surface area (Å²) in [4.78, 5) is 2.53. The zero-order valence-electron chi connectivity index (χ0n) is 37.1. The second-order valence-corrected chi connectivity index (χ2v) is 19.6. The Morgan fingerprint density at radius 2 is 1.03 bits per heavy atom. The van der Waals surface area contributed by atoms with Crippen LogP contribution in [0.1, 0.15) is 96.3 Å². The average molecular weight is 808 g/mol. The summed E-state index contributed by atoms with van der Waals surface area (Å²) in [7, 11) is 0. The zero-order valence-corrected chi connectivity index (χ0v) is 37.1. The van der Waals surface area contributed by atoms with Gasteiger partial charge < -0.3 is 9.32 Å². The maximum absolute atomic E-state index is 6.41. The molecule has 308 valence electrons. The Kier molecular flexibility index (Phi) is 10.1. The van der Waals surface area contributed by atoms with Crippen LogP contribution in [0, 0.1) is 0 Å². The van der Waals surface area contributed by atoms with Crippen LogP contribution in [0.15, 0.2) is 174 Å². The quantitative estimate of drug-likeness (QED) is 0.159. The van der Waals surface area contributed by atoms with Crippen molar-refractivity contribution >= 4 is 49.8 Å². The molecule has 8 aromatic carbocycles. The number of anilines is 3. The molecule has 2 heteroatoms. The van der Waals surface area contributed by atoms with Gasteiger partial charge in [0.25, 0.3) is 0 Å². The summed E-state index contributed by atoms with van der Waals surface area (Å²) >= 11 is 0. The SMILES string of the molecule is CC(C)(C)c1cc(-c2ccccc2N(c2cccc(-c3cccc4oc5ccccc5c34)c2)c2ccccc2-c2cccc3cccc(C4CCCCC4)c23)cc(C(C)(C)C)c1. The number of hydrogen-bond acceptors (Lipinski definition) is 2. The van der Waals surface area contributed by atoms with Crippen molar-refractivity contribution in [2.24, 2.45) is 0 Å². The monoisotopic (exact) mass is 807 g/mol. The minimum Gasteiger partial charge on any atom is -0.456 e. The van der Waals surface area contributed by atoms with Gasteiger partial charge in [0, 0.05) is 27.6 Å². The summed E-state index contributed by atoms with van der Waals surface area (Å²) in [5.41, 5.74) is 16.6. The lowest BCUT2D eigenvalue weighted by molar-refractivity contribution is 0.445. The van der Waals surface area contributed by atoms with E-state index in [0.29, 0.717) is 5.92 Å². The van der Waals surface area contributed by atoms with Crippen molar-refractivity contribution in [1.29, 1.82) is 0 Å². The number of fused-ring (bicyclic) bond motifs is 4. The number of nitrogens with zero attached hydrogens (tertiary/aromatic N) is 1. The molecule has 0 amide bonds. The van der Waals surface area contributed by atoms with Crippen molar-refractivity contribution in [2.45, 2.75) is 90.4 Å². The summed E-state index contributed by atoms with van der Waals surface area (Å²) in [6, 6.07) is 63.3. The summed E-state index contributed by atoms with van der Waals surface area (Å²) in [6.07, 6.45) is 6.45. The molecule has 0 atom stereocenters. The molecule has 62 heavy (non-hydrogen) atoms. The molecule has 0 aliphatic heterocycles. The highest BCUT2D eigenvalue weighted by Crippen LogP contribution is 2.49. The molecule has 0 saturated heterocycles. The highest BCUT2D eigenvalue weighted by molar-refractivity contribution is 6.12. The Balaban J connectivity index is 1.24. The maximum Gasteiger partial charge on any atom is 0.136 e. The van der Waals surface area contributed by atoms with Crippen LogP contribution in [0.25, 0.3) is 66.1 Å². The average Bonchev–Trinajstić information content (AvgIpc) is 3.68. The fraction of sp³-hybridized carbons (Fsp3) is 0.233. The van der Waals surface area contributed by atoms with Gasteiger partial charge in [0.2, 0.25) is 0 Å². The molecule has 9 aromatic rings. The highest BCUT2D eigenvalue weighted by atomic mass is 16.3. The summed E-state index contributed by atoms with van der Waals surface area (Å²) < 4.78 is 6.41. The van der Waals surface area contributed by atoms with Crippen LogP contribution < -0.4 is 4.90 Å². The molecule has 1 fully saturated rings. The predicted molar refractivity (Wildman–Crippen MR) is 265 cm³/mol. The molecule has 1 aliphatic carbocycles. The van der Waals surface area contributed by atoms with E-state index in [1.54, 1.807) is 0 Å². The predicted octanol–water partition coefficient (Wildman–Crippen LogP) is 17.9. The van der Waals surface area contributed by atoms with Crippen molar-refractivity contribution in [3.05, 3.63) is 187 Å². The lowest BCUT2D eigenvalue weighted by Gasteiger charge is -2.32. The molecular weight excluding hydrogens is 751 g/mol. The first-order valence-electron chi connectivity index (χ1n) is 22.7. The molecule has 10 rings (SSSR count). The van der Waals surface area contributed by atoms with Crippen molar-refractivity contribution in [1.82, 2.24) is 0 Å². The molecule has 0 radical (unpaired) electrons. The van der Waals surface area contributed by atoms with Gasteiger partial charge in [-0.3, -0.25) is 0 Å². The molecule has 1 saturated carbocycles. The normalized spacial score (nSPS) is 13.9. The molecule has 1 aliphatic rings. The largest absolute Gasteiger partial charge is 0.456 e. The zero-order chi connectivity index (χ0) is 42.6. The van der Waals surface area contributed by atoms with Crippen LogP contribution in [0.3, 0.4) is 0 Å². The fourth-order valence-corrected chi connectivity index (χ4v) is 10.0. The molecule has 0 N–H and O–H groups in total. The second kappa shape index (κ2) is 15.8. The molecule has 0 spiro atoms. The van der Waals surface area contributed by atoms with E-state index in [1.807, 2.05) is 6.07 Å². The van der Waals surface area contributed by atoms with E-state index in [9.17, 15) is 0 Å². The fourth-order valence-electron chi connectivity index (χ4n) is 10.0. The number of rotatable bonds is 7. The third-order valence-corrected chi connectivity index (χ3v) is 13.4. The lowest BCUT2D eigenvalue weighted by Crippen LogP contribution is -2.17. The minimum absolute atomic E-state index is 0.0196. The lowest BCUT2D eigenvalue weighted by atomic mass is 9.78. The summed E-state index contributed by atoms with van der Waals surface area (Å²) in [5.74, 6) is 0.572. The van der Waals surface area contributed by atoms with Gasteiger partial charge in [0.05, 0.1) is 11.4 Å². The molecular formula is C60H57NO. The first-order valence-corrected chi connectivity index (χ1v) is 22.7. The minimum atomic E-state index is -0.0196. The number of furan rings is 1. The van der Waals surface area contributed by atoms with Gasteiger partial charge >= 0.3 is 0 Å². The third-order valence-electron chi connectivity index (χ3n) is 13.4. The summed E-state index contributed by atoms with van der Waals surface area (Å²) in [5, 5.41) is 4.98. The van der Waals surface area contributed by atoms with Crippen LogP contribution in [0.2, 0.25) is 0 Å². The number of benzene rings is 8. The first kappa shape index (κ1) is 39.7. The van der Waals surface area contributed by atoms with Gasteiger partial charge in [0.1, 0.15) is 11.2 Å². The first-order chi connectivity index (χ1) is 30.0. The van der Waals surface area contributed by atoms with Gasteiger partial charge in [-0.05, 0) is 116 Å². The highest BCUT2D eigenvalue weighted by Gasteiger charge is 2.27. The van der Waals surface area contributed by atoms with E-state index in [2.05, 4.69) is 210 Å². The number of para-hydroxylation sites is 3. The molecule has 2 nitrogen and oxygen atoms in total. The standard InChI is InChI=1S/C60H57NO/c1-59(2,3)44-36-43(37-45(39-44)60(4,5)6)47-26-10-13-32-53(47)61(46-25-16-24-42(38-46)49-30-19-35-56-58(49)52-28-12-15-34-55(52)62-56)54-33-14-11-27-50(54)51-31-18-23-41-22-17-29-48(57(41)51)40-20-8-7-9-21-40/h10-19,22-40H,7-9,20-21H2,1-6H3. The van der Waals surface area contributed by atoms with E-state index in [-0.39, 0.29) is 10.8 Å². The third kappa shape index (κ3) is 7.30. The van der Waals surface area contributed by atoms with Crippen molar-refractivity contribution in [3.63, 3.8) is 0 Å². The van der Waals surface area contributed by atoms with Crippen LogP contribution in [0.4, 0.5) is 17.1 Å². The molecule has 1 aromatic heterocycles. The molecule has 0 unspecified atom stereocenters. The van der Waals surface area contributed by atoms with Crippen LogP contribution >= 0.6 is 0 Å². The van der Waals surface area contributed by atoms with Gasteiger partial charge in [-0.15, -0.1) is 0 Å². The summed E-state index contributed by atoms with van der Waals surface area (Å²) in [6.45, 7) is 14.0. The van der Waals surface area contributed by atoms with Crippen molar-refractivity contribution in [3.8, 4) is 33.4 Å². The van der Waals surface area contributed by atoms with Crippen LogP contribution in [-0.2, 0) is 10.8 Å². The maximum atomic E-state index is 6.41. The Morgan fingerprint density at radius 3 is 1.77 bits per heavy atom. The van der Waals surface area contributed by atoms with E-state index in [1.165, 1.54) is 81.8 Å². The Hall–Kier alpha value is -6.38. The Bertz CT molecular complexity index is 3050. The van der Waals surface area contributed by atoms with Crippen molar-refractivity contribution < 1.29 is 4.42 Å². The second-order valence-electron chi connectivity index (χ2n) is 19.6. The van der Waals surface area contributed by atoms with E-state index in [4.69, 9.17) is 4.42 Å². The Labute approximate surface area is 367 Å². The molecule has 0 bridgehead atoms. The van der Waals surface area contributed by atoms with E-state index >= 15 is 0 Å². The van der Waals surface area contributed by atoms with E-state index in [0.717, 1.165) is 50.1 Å².